The predicted octanol–water partition coefficient (Wildman–Crippen LogP) is 2.41. The molecule has 90 valence electrons. The number of alkyl halides is 3. The van der Waals surface area contributed by atoms with E-state index < -0.39 is 29.9 Å². The normalized spacial score (nSPS) is 10.8. The molecule has 0 saturated carbocycles. The van der Waals surface area contributed by atoms with Crippen LogP contribution >= 0.6 is 12.4 Å². The molecule has 1 aromatic rings. The van der Waals surface area contributed by atoms with Gasteiger partial charge in [0.1, 0.15) is 5.82 Å². The van der Waals surface area contributed by atoms with Crippen LogP contribution in [0.3, 0.4) is 0 Å². The van der Waals surface area contributed by atoms with Gasteiger partial charge in [0.25, 0.3) is 0 Å². The number of benzene rings is 1. The van der Waals surface area contributed by atoms with Gasteiger partial charge < -0.3 is 5.73 Å². The number of hydrogen-bond donors (Lipinski definition) is 1. The summed E-state index contributed by atoms with van der Waals surface area (Å²) in [6, 6.07) is 1.63. The van der Waals surface area contributed by atoms with E-state index in [0.717, 1.165) is 6.07 Å². The van der Waals surface area contributed by atoms with Gasteiger partial charge in [-0.05, 0) is 18.2 Å². The van der Waals surface area contributed by atoms with Gasteiger partial charge in [-0.2, -0.15) is 13.2 Å². The van der Waals surface area contributed by atoms with Gasteiger partial charge in [-0.25, -0.2) is 4.39 Å². The van der Waals surface area contributed by atoms with Crippen LogP contribution in [0.25, 0.3) is 0 Å². The van der Waals surface area contributed by atoms with Gasteiger partial charge in [-0.3, -0.25) is 4.79 Å². The summed E-state index contributed by atoms with van der Waals surface area (Å²) in [4.78, 5) is 11.0. The zero-order valence-electron chi connectivity index (χ0n) is 7.84. The maximum Gasteiger partial charge on any atom is 0.416 e. The number of ketones is 1. The van der Waals surface area contributed by atoms with Gasteiger partial charge in [0.15, 0.2) is 5.78 Å². The van der Waals surface area contributed by atoms with E-state index in [2.05, 4.69) is 0 Å². The molecule has 16 heavy (non-hydrogen) atoms. The predicted molar refractivity (Wildman–Crippen MR) is 52.0 cm³/mol. The summed E-state index contributed by atoms with van der Waals surface area (Å²) in [6.07, 6.45) is -4.67. The van der Waals surface area contributed by atoms with Gasteiger partial charge in [0.05, 0.1) is 12.1 Å². The summed E-state index contributed by atoms with van der Waals surface area (Å²) in [5.41, 5.74) is 3.39. The van der Waals surface area contributed by atoms with Crippen molar-refractivity contribution in [3.63, 3.8) is 0 Å². The second-order valence-corrected chi connectivity index (χ2v) is 2.85. The van der Waals surface area contributed by atoms with Gasteiger partial charge in [0, 0.05) is 5.56 Å². The lowest BCUT2D eigenvalue weighted by molar-refractivity contribution is -0.137. The fourth-order valence-electron chi connectivity index (χ4n) is 1.03. The quantitative estimate of drug-likeness (QED) is 0.653. The molecule has 2 nitrogen and oxygen atoms in total. The second kappa shape index (κ2) is 5.27. The molecule has 0 atom stereocenters. The fraction of sp³-hybridized carbons (Fsp3) is 0.222. The van der Waals surface area contributed by atoms with Crippen LogP contribution in [-0.2, 0) is 6.18 Å². The average molecular weight is 258 g/mol. The third-order valence-corrected chi connectivity index (χ3v) is 1.73. The van der Waals surface area contributed by atoms with Crippen LogP contribution in [0.4, 0.5) is 17.6 Å². The Balaban J connectivity index is 0.00000225. The Labute approximate surface area is 94.8 Å². The van der Waals surface area contributed by atoms with Crippen molar-refractivity contribution in [3.8, 4) is 0 Å². The largest absolute Gasteiger partial charge is 0.416 e. The van der Waals surface area contributed by atoms with Crippen molar-refractivity contribution in [2.45, 2.75) is 6.18 Å². The molecule has 0 aliphatic heterocycles. The van der Waals surface area contributed by atoms with Crippen LogP contribution in [0.1, 0.15) is 15.9 Å². The molecule has 7 heteroatoms. The molecule has 1 rings (SSSR count). The minimum atomic E-state index is -4.67. The number of nitrogens with two attached hydrogens (primary N) is 1. The number of Topliss-reactive ketones (excluding diaryl/α,β-unsaturated/α-hetero) is 1. The Morgan fingerprint density at radius 2 is 1.81 bits per heavy atom. The lowest BCUT2D eigenvalue weighted by Crippen LogP contribution is -2.15. The highest BCUT2D eigenvalue weighted by atomic mass is 35.5. The van der Waals surface area contributed by atoms with E-state index in [1.807, 2.05) is 0 Å². The lowest BCUT2D eigenvalue weighted by Gasteiger charge is -2.08. The standard InChI is InChI=1S/C9H7F4NO.ClH/c10-7-2-5(8(15)4-14)1-6(3-7)9(11,12)13;/h1-3H,4,14H2;1H. The first kappa shape index (κ1) is 14.9. The highest BCUT2D eigenvalue weighted by molar-refractivity contribution is 5.97. The van der Waals surface area contributed by atoms with Crippen molar-refractivity contribution in [3.05, 3.63) is 35.1 Å². The maximum absolute atomic E-state index is 12.8. The van der Waals surface area contributed by atoms with E-state index in [1.165, 1.54) is 0 Å². The summed E-state index contributed by atoms with van der Waals surface area (Å²) >= 11 is 0. The number of rotatable bonds is 2. The van der Waals surface area contributed by atoms with E-state index in [0.29, 0.717) is 12.1 Å². The highest BCUT2D eigenvalue weighted by Crippen LogP contribution is 2.30. The summed E-state index contributed by atoms with van der Waals surface area (Å²) < 4.78 is 49.4. The number of halogens is 5. The topological polar surface area (TPSA) is 43.1 Å². The first-order valence-corrected chi connectivity index (χ1v) is 3.95. The number of hydrogen-bond acceptors (Lipinski definition) is 2. The third-order valence-electron chi connectivity index (χ3n) is 1.73. The Hall–Kier alpha value is -1.14. The van der Waals surface area contributed by atoms with Crippen molar-refractivity contribution < 1.29 is 22.4 Å². The molecule has 0 unspecified atom stereocenters. The molecule has 1 aromatic carbocycles. The molecule has 0 aliphatic carbocycles. The minimum Gasteiger partial charge on any atom is -0.324 e. The smallest absolute Gasteiger partial charge is 0.324 e. The minimum absolute atomic E-state index is 0. The Kier molecular flexibility index (Phi) is 4.89. The van der Waals surface area contributed by atoms with E-state index in [9.17, 15) is 22.4 Å². The molecule has 0 aliphatic rings. The molecule has 0 heterocycles. The monoisotopic (exact) mass is 257 g/mol. The molecule has 0 aromatic heterocycles. The lowest BCUT2D eigenvalue weighted by atomic mass is 10.1. The summed E-state index contributed by atoms with van der Waals surface area (Å²) in [6.45, 7) is -0.458. The van der Waals surface area contributed by atoms with Gasteiger partial charge in [-0.1, -0.05) is 0 Å². The molecule has 0 radical (unpaired) electrons. The Morgan fingerprint density at radius 3 is 2.25 bits per heavy atom. The molecule has 0 bridgehead atoms. The fourth-order valence-corrected chi connectivity index (χ4v) is 1.03. The Morgan fingerprint density at radius 1 is 1.25 bits per heavy atom. The van der Waals surface area contributed by atoms with Gasteiger partial charge >= 0.3 is 6.18 Å². The third kappa shape index (κ3) is 3.46. The molecule has 0 saturated heterocycles. The van der Waals surface area contributed by atoms with Crippen molar-refractivity contribution in [2.75, 3.05) is 6.54 Å². The van der Waals surface area contributed by atoms with Crippen LogP contribution in [0.5, 0.6) is 0 Å². The zero-order valence-corrected chi connectivity index (χ0v) is 8.66. The number of carbonyl (C=O) groups excluding carboxylic acids is 1. The number of carbonyl (C=O) groups is 1. The summed E-state index contributed by atoms with van der Waals surface area (Å²) in [5.74, 6) is -1.85. The second-order valence-electron chi connectivity index (χ2n) is 2.85. The van der Waals surface area contributed by atoms with E-state index in [1.54, 1.807) is 0 Å². The van der Waals surface area contributed by atoms with E-state index >= 15 is 0 Å². The highest BCUT2D eigenvalue weighted by Gasteiger charge is 2.31. The summed E-state index contributed by atoms with van der Waals surface area (Å²) in [7, 11) is 0. The SMILES string of the molecule is Cl.NCC(=O)c1cc(F)cc(C(F)(F)F)c1. The molecule has 0 fully saturated rings. The van der Waals surface area contributed by atoms with Gasteiger partial charge in [0.2, 0.25) is 0 Å². The first-order valence-electron chi connectivity index (χ1n) is 3.95. The molecule has 2 N–H and O–H groups in total. The maximum atomic E-state index is 12.8. The van der Waals surface area contributed by atoms with Crippen LogP contribution < -0.4 is 5.73 Å². The molecular weight excluding hydrogens is 250 g/mol. The molecule has 0 amide bonds. The van der Waals surface area contributed by atoms with Gasteiger partial charge in [-0.15, -0.1) is 12.4 Å². The zero-order chi connectivity index (χ0) is 11.6. The van der Waals surface area contributed by atoms with Crippen molar-refractivity contribution in [2.24, 2.45) is 5.73 Å². The average Bonchev–Trinajstić information content (AvgIpc) is 2.14. The van der Waals surface area contributed by atoms with Crippen molar-refractivity contribution in [1.29, 1.82) is 0 Å². The van der Waals surface area contributed by atoms with Crippen molar-refractivity contribution in [1.82, 2.24) is 0 Å². The van der Waals surface area contributed by atoms with E-state index in [-0.39, 0.29) is 18.0 Å². The van der Waals surface area contributed by atoms with Crippen LogP contribution in [-0.4, -0.2) is 12.3 Å². The first-order chi connectivity index (χ1) is 6.84. The molecule has 0 spiro atoms. The van der Waals surface area contributed by atoms with E-state index in [4.69, 9.17) is 5.73 Å². The Bertz CT molecular complexity index is 392. The molecular formula is C9H8ClF4NO. The summed E-state index contributed by atoms with van der Waals surface area (Å²) in [5, 5.41) is 0. The van der Waals surface area contributed by atoms with Crippen LogP contribution in [0, 0.1) is 5.82 Å². The van der Waals surface area contributed by atoms with Crippen molar-refractivity contribution >= 4 is 18.2 Å². The van der Waals surface area contributed by atoms with Crippen LogP contribution in [0.15, 0.2) is 18.2 Å². The van der Waals surface area contributed by atoms with Crippen LogP contribution in [0.2, 0.25) is 0 Å².